The minimum Gasteiger partial charge on any atom is -0.478 e. The van der Waals surface area contributed by atoms with Gasteiger partial charge in [-0.05, 0) is 38.3 Å². The van der Waals surface area contributed by atoms with Crippen LogP contribution in [0.4, 0.5) is 11.4 Å². The predicted molar refractivity (Wildman–Crippen MR) is 78.1 cm³/mol. The third kappa shape index (κ3) is 2.50. The van der Waals surface area contributed by atoms with Crippen molar-refractivity contribution in [3.8, 4) is 0 Å². The van der Waals surface area contributed by atoms with Crippen molar-refractivity contribution < 1.29 is 9.90 Å². The van der Waals surface area contributed by atoms with Crippen molar-refractivity contribution >= 4 is 28.9 Å². The summed E-state index contributed by atoms with van der Waals surface area (Å²) in [5.41, 5.74) is 6.88. The molecule has 1 saturated heterocycles. The topological polar surface area (TPSA) is 66.6 Å². The lowest BCUT2D eigenvalue weighted by Crippen LogP contribution is -2.35. The van der Waals surface area contributed by atoms with Crippen LogP contribution in [0.5, 0.6) is 0 Å². The number of nitrogens with zero attached hydrogens (tertiary/aromatic N) is 1. The lowest BCUT2D eigenvalue weighted by Gasteiger charge is -2.32. The summed E-state index contributed by atoms with van der Waals surface area (Å²) in [5, 5.41) is 9.80. The van der Waals surface area contributed by atoms with Crippen molar-refractivity contribution in [1.29, 1.82) is 0 Å². The Hall–Kier alpha value is -1.42. The van der Waals surface area contributed by atoms with Crippen LogP contribution >= 0.6 is 11.6 Å². The summed E-state index contributed by atoms with van der Waals surface area (Å²) < 4.78 is 0. The van der Waals surface area contributed by atoms with E-state index in [0.717, 1.165) is 19.3 Å². The molecule has 104 valence electrons. The van der Waals surface area contributed by atoms with Gasteiger partial charge in [-0.1, -0.05) is 18.5 Å². The molecule has 3 N–H and O–H groups in total. The number of hydrogen-bond acceptors (Lipinski definition) is 3. The van der Waals surface area contributed by atoms with E-state index in [1.807, 2.05) is 0 Å². The number of hydrogen-bond donors (Lipinski definition) is 2. The molecule has 1 aliphatic heterocycles. The van der Waals surface area contributed by atoms with Gasteiger partial charge in [0.2, 0.25) is 0 Å². The average molecular weight is 283 g/mol. The van der Waals surface area contributed by atoms with Crippen molar-refractivity contribution in [2.45, 2.75) is 45.2 Å². The third-order valence-electron chi connectivity index (χ3n) is 3.83. The quantitative estimate of drug-likeness (QED) is 0.834. The average Bonchev–Trinajstić information content (AvgIpc) is 2.69. The van der Waals surface area contributed by atoms with Crippen molar-refractivity contribution in [2.75, 3.05) is 10.6 Å². The van der Waals surface area contributed by atoms with Crippen LogP contribution in [0.15, 0.2) is 12.1 Å². The minimum atomic E-state index is -0.988. The molecule has 1 aromatic carbocycles. The zero-order valence-corrected chi connectivity index (χ0v) is 11.9. The molecule has 0 aliphatic carbocycles. The highest BCUT2D eigenvalue weighted by Crippen LogP contribution is 2.40. The summed E-state index contributed by atoms with van der Waals surface area (Å²) in [6.45, 7) is 4.22. The first-order chi connectivity index (χ1) is 8.95. The third-order valence-corrected chi connectivity index (χ3v) is 4.12. The Morgan fingerprint density at radius 2 is 2.21 bits per heavy atom. The second-order valence-electron chi connectivity index (χ2n) is 5.10. The van der Waals surface area contributed by atoms with Crippen LogP contribution in [-0.4, -0.2) is 23.2 Å². The second kappa shape index (κ2) is 5.29. The van der Waals surface area contributed by atoms with Crippen LogP contribution in [0.2, 0.25) is 5.02 Å². The lowest BCUT2D eigenvalue weighted by molar-refractivity contribution is 0.0697. The van der Waals surface area contributed by atoms with Crippen LogP contribution in [0.3, 0.4) is 0 Å². The van der Waals surface area contributed by atoms with Gasteiger partial charge >= 0.3 is 5.97 Å². The van der Waals surface area contributed by atoms with Gasteiger partial charge in [0, 0.05) is 17.8 Å². The summed E-state index contributed by atoms with van der Waals surface area (Å²) in [7, 11) is 0. The molecule has 5 heteroatoms. The maximum atomic E-state index is 11.4. The number of benzene rings is 1. The fraction of sp³-hybridized carbons (Fsp3) is 0.500. The van der Waals surface area contributed by atoms with Gasteiger partial charge in [0.05, 0.1) is 16.3 Å². The molecular formula is C14H19ClN2O2. The molecule has 1 heterocycles. The highest BCUT2D eigenvalue weighted by atomic mass is 35.5. The number of nitrogens with two attached hydrogens (primary N) is 1. The smallest absolute Gasteiger partial charge is 0.337 e. The van der Waals surface area contributed by atoms with Gasteiger partial charge in [0.1, 0.15) is 0 Å². The Morgan fingerprint density at radius 3 is 2.79 bits per heavy atom. The van der Waals surface area contributed by atoms with Crippen molar-refractivity contribution in [2.24, 2.45) is 0 Å². The summed E-state index contributed by atoms with van der Waals surface area (Å²) in [5.74, 6) is -0.988. The Kier molecular flexibility index (Phi) is 3.90. The monoisotopic (exact) mass is 282 g/mol. The molecule has 0 bridgehead atoms. The molecule has 4 nitrogen and oxygen atoms in total. The van der Waals surface area contributed by atoms with Crippen molar-refractivity contribution in [3.05, 3.63) is 22.7 Å². The highest BCUT2D eigenvalue weighted by molar-refractivity contribution is 6.34. The Balaban J connectivity index is 2.57. The van der Waals surface area contributed by atoms with Gasteiger partial charge in [0.15, 0.2) is 0 Å². The van der Waals surface area contributed by atoms with E-state index in [2.05, 4.69) is 18.7 Å². The normalized spacial score (nSPS) is 22.8. The van der Waals surface area contributed by atoms with Gasteiger partial charge in [-0.3, -0.25) is 0 Å². The number of nitrogen functional groups attached to an aromatic ring is 1. The number of anilines is 2. The van der Waals surface area contributed by atoms with Crippen LogP contribution in [-0.2, 0) is 0 Å². The Labute approximate surface area is 118 Å². The molecule has 2 atom stereocenters. The van der Waals surface area contributed by atoms with E-state index < -0.39 is 5.97 Å². The molecule has 0 radical (unpaired) electrons. The van der Waals surface area contributed by atoms with Crippen molar-refractivity contribution in [3.63, 3.8) is 0 Å². The van der Waals surface area contributed by atoms with Gasteiger partial charge in [-0.15, -0.1) is 0 Å². The van der Waals surface area contributed by atoms with E-state index in [9.17, 15) is 9.90 Å². The number of aromatic carboxylic acids is 1. The van der Waals surface area contributed by atoms with Gasteiger partial charge in [-0.25, -0.2) is 4.79 Å². The first kappa shape index (κ1) is 14.0. The summed E-state index contributed by atoms with van der Waals surface area (Å²) >= 11 is 6.26. The number of rotatable bonds is 3. The summed E-state index contributed by atoms with van der Waals surface area (Å²) in [4.78, 5) is 13.6. The maximum absolute atomic E-state index is 11.4. The molecule has 2 unspecified atom stereocenters. The summed E-state index contributed by atoms with van der Waals surface area (Å²) in [6, 6.07) is 3.75. The zero-order chi connectivity index (χ0) is 14.2. The minimum absolute atomic E-state index is 0.192. The van der Waals surface area contributed by atoms with Crippen molar-refractivity contribution in [1.82, 2.24) is 0 Å². The van der Waals surface area contributed by atoms with E-state index in [0.29, 0.717) is 28.5 Å². The van der Waals surface area contributed by atoms with Crippen LogP contribution in [0.1, 0.15) is 43.5 Å². The standard InChI is InChI=1S/C14H19ClN2O2/c1-3-10-5-4-8(2)17(10)13-11(14(18)19)6-9(16)7-12(13)15/h6-8,10H,3-5,16H2,1-2H3,(H,18,19). The molecule has 0 spiro atoms. The SMILES string of the molecule is CCC1CCC(C)N1c1c(Cl)cc(N)cc1C(=O)O. The molecule has 0 amide bonds. The van der Waals surface area contributed by atoms with Gasteiger partial charge < -0.3 is 15.7 Å². The van der Waals surface area contributed by atoms with E-state index >= 15 is 0 Å². The van der Waals surface area contributed by atoms with Crippen LogP contribution in [0.25, 0.3) is 0 Å². The predicted octanol–water partition coefficient (Wildman–Crippen LogP) is 3.39. The van der Waals surface area contributed by atoms with E-state index in [1.54, 1.807) is 6.07 Å². The largest absolute Gasteiger partial charge is 0.478 e. The number of carboxylic acid groups (broad SMARTS) is 1. The van der Waals surface area contributed by atoms with Crippen LogP contribution < -0.4 is 10.6 Å². The second-order valence-corrected chi connectivity index (χ2v) is 5.51. The lowest BCUT2D eigenvalue weighted by atomic mass is 10.1. The Morgan fingerprint density at radius 1 is 1.53 bits per heavy atom. The fourth-order valence-corrected chi connectivity index (χ4v) is 3.25. The Bertz CT molecular complexity index is 504. The molecular weight excluding hydrogens is 264 g/mol. The fourth-order valence-electron chi connectivity index (χ4n) is 2.92. The molecule has 1 fully saturated rings. The first-order valence-electron chi connectivity index (χ1n) is 6.56. The van der Waals surface area contributed by atoms with Gasteiger partial charge in [-0.2, -0.15) is 0 Å². The van der Waals surface area contributed by atoms with E-state index in [-0.39, 0.29) is 5.56 Å². The van der Waals surface area contributed by atoms with Gasteiger partial charge in [0.25, 0.3) is 0 Å². The van der Waals surface area contributed by atoms with E-state index in [4.69, 9.17) is 17.3 Å². The number of carboxylic acids is 1. The molecule has 0 aromatic heterocycles. The maximum Gasteiger partial charge on any atom is 0.337 e. The number of halogens is 1. The summed E-state index contributed by atoms with van der Waals surface area (Å²) in [6.07, 6.45) is 3.10. The van der Waals surface area contributed by atoms with E-state index in [1.165, 1.54) is 6.07 Å². The first-order valence-corrected chi connectivity index (χ1v) is 6.94. The molecule has 19 heavy (non-hydrogen) atoms. The molecule has 1 aromatic rings. The molecule has 0 saturated carbocycles. The molecule has 1 aliphatic rings. The highest BCUT2D eigenvalue weighted by Gasteiger charge is 2.33. The molecule has 2 rings (SSSR count). The van der Waals surface area contributed by atoms with Crippen LogP contribution in [0, 0.1) is 0 Å². The number of carbonyl (C=O) groups is 1. The zero-order valence-electron chi connectivity index (χ0n) is 11.2.